The number of hydrogen-bond donors (Lipinski definition) is 2. The second-order valence-corrected chi connectivity index (χ2v) is 17.9. The quantitative estimate of drug-likeness (QED) is 0.0978. The van der Waals surface area contributed by atoms with Gasteiger partial charge < -0.3 is 28.4 Å². The van der Waals surface area contributed by atoms with Crippen molar-refractivity contribution in [1.29, 1.82) is 0 Å². The molecule has 0 aromatic heterocycles. The maximum atomic E-state index is 14.1. The lowest BCUT2D eigenvalue weighted by Gasteiger charge is -2.53. The molecule has 4 unspecified atom stereocenters. The molecule has 4 atom stereocenters. The molecule has 4 aromatic carbocycles. The number of anilines is 3. The summed E-state index contributed by atoms with van der Waals surface area (Å²) in [5, 5.41) is 5.30. The molecular formula is C47H50N4O12. The lowest BCUT2D eigenvalue weighted by molar-refractivity contribution is -0.179. The van der Waals surface area contributed by atoms with E-state index in [0.29, 0.717) is 39.9 Å². The van der Waals surface area contributed by atoms with Crippen LogP contribution in [-0.2, 0) is 35.2 Å². The van der Waals surface area contributed by atoms with E-state index in [1.807, 2.05) is 0 Å². The van der Waals surface area contributed by atoms with E-state index in [1.54, 1.807) is 152 Å². The van der Waals surface area contributed by atoms with Crippen LogP contribution in [0.15, 0.2) is 97.1 Å². The Hall–Kier alpha value is -7.10. The number of likely N-dealkylation sites (tertiary alicyclic amines) is 1. The third-order valence-corrected chi connectivity index (χ3v) is 11.0. The summed E-state index contributed by atoms with van der Waals surface area (Å²) < 4.78 is 33.4. The van der Waals surface area contributed by atoms with E-state index in [-0.39, 0.29) is 25.8 Å². The van der Waals surface area contributed by atoms with Gasteiger partial charge in [-0.2, -0.15) is 0 Å². The molecule has 0 bridgehead atoms. The number of rotatable bonds is 13. The summed E-state index contributed by atoms with van der Waals surface area (Å²) in [4.78, 5) is 82.5. The fraction of sp³-hybridized carbons (Fsp3) is 0.362. The van der Waals surface area contributed by atoms with E-state index >= 15 is 0 Å². The maximum absolute atomic E-state index is 14.1. The first-order valence-corrected chi connectivity index (χ1v) is 20.3. The number of ether oxygens (including phenoxy) is 6. The van der Waals surface area contributed by atoms with Crippen molar-refractivity contribution in [3.8, 4) is 23.0 Å². The van der Waals surface area contributed by atoms with Gasteiger partial charge >= 0.3 is 12.2 Å². The summed E-state index contributed by atoms with van der Waals surface area (Å²) in [5.74, 6) is -2.37. The highest BCUT2D eigenvalue weighted by Gasteiger charge is 2.85. The maximum Gasteiger partial charge on any atom is 0.412 e. The van der Waals surface area contributed by atoms with Gasteiger partial charge in [-0.25, -0.2) is 14.5 Å². The van der Waals surface area contributed by atoms with Crippen molar-refractivity contribution in [3.05, 3.63) is 103 Å². The third kappa shape index (κ3) is 8.97. The molecule has 63 heavy (non-hydrogen) atoms. The third-order valence-electron chi connectivity index (χ3n) is 11.0. The van der Waals surface area contributed by atoms with Crippen molar-refractivity contribution in [2.45, 2.75) is 73.1 Å². The number of nitrogens with zero attached hydrogens (tertiary/aromatic N) is 2. The minimum absolute atomic E-state index is 0.0788. The minimum Gasteiger partial charge on any atom is -0.458 e. The summed E-state index contributed by atoms with van der Waals surface area (Å²) >= 11 is 0. The molecular weight excluding hydrogens is 813 g/mol. The van der Waals surface area contributed by atoms with Gasteiger partial charge in [-0.15, -0.1) is 0 Å². The van der Waals surface area contributed by atoms with Crippen molar-refractivity contribution in [3.63, 3.8) is 0 Å². The highest BCUT2D eigenvalue weighted by molar-refractivity contribution is 6.30. The normalized spacial score (nSPS) is 21.5. The highest BCUT2D eigenvalue weighted by atomic mass is 16.7. The van der Waals surface area contributed by atoms with Gasteiger partial charge in [0, 0.05) is 11.4 Å². The van der Waals surface area contributed by atoms with Crippen LogP contribution in [0.3, 0.4) is 0 Å². The van der Waals surface area contributed by atoms with Gasteiger partial charge in [0.25, 0.3) is 0 Å². The topological polar surface area (TPSA) is 188 Å². The summed E-state index contributed by atoms with van der Waals surface area (Å²) in [7, 11) is 0. The Morgan fingerprint density at radius 1 is 0.571 bits per heavy atom. The number of nitrogens with one attached hydrogen (secondary N) is 2. The van der Waals surface area contributed by atoms with E-state index in [9.17, 15) is 28.8 Å². The Balaban J connectivity index is 0.917. The van der Waals surface area contributed by atoms with E-state index in [4.69, 9.17) is 28.4 Å². The van der Waals surface area contributed by atoms with Crippen LogP contribution in [0.2, 0.25) is 0 Å². The predicted octanol–water partition coefficient (Wildman–Crippen LogP) is 7.91. The lowest BCUT2D eigenvalue weighted by Crippen LogP contribution is -2.65. The summed E-state index contributed by atoms with van der Waals surface area (Å²) in [6, 6.07) is 26.5. The first-order valence-electron chi connectivity index (χ1n) is 20.3. The molecule has 0 radical (unpaired) electrons. The zero-order valence-electron chi connectivity index (χ0n) is 36.3. The molecule has 2 heterocycles. The molecule has 1 aliphatic carbocycles. The first kappa shape index (κ1) is 44.0. The fourth-order valence-electron chi connectivity index (χ4n) is 8.46. The van der Waals surface area contributed by atoms with Crippen LogP contribution < -0.4 is 34.5 Å². The van der Waals surface area contributed by atoms with E-state index in [0.717, 1.165) is 9.80 Å². The van der Waals surface area contributed by atoms with Crippen LogP contribution in [0, 0.1) is 22.7 Å². The lowest BCUT2D eigenvalue weighted by atomic mass is 9.41. The van der Waals surface area contributed by atoms with Gasteiger partial charge in [0.2, 0.25) is 37.2 Å². The number of imide groups is 2. The molecule has 16 nitrogen and oxygen atoms in total. The van der Waals surface area contributed by atoms with Gasteiger partial charge in [-0.3, -0.25) is 34.7 Å². The number of carbonyl (C=O) groups is 6. The Bertz CT molecular complexity index is 2420. The molecule has 7 rings (SSSR count). The average Bonchev–Trinajstić information content (AvgIpc) is 3.48. The van der Waals surface area contributed by atoms with Crippen LogP contribution in [0.5, 0.6) is 23.0 Å². The highest BCUT2D eigenvalue weighted by Crippen LogP contribution is 2.71. The summed E-state index contributed by atoms with van der Waals surface area (Å²) in [6.07, 6.45) is -1.15. The molecule has 1 saturated carbocycles. The van der Waals surface area contributed by atoms with Gasteiger partial charge in [0.15, 0.2) is 0 Å². The van der Waals surface area contributed by atoms with Crippen LogP contribution in [0.25, 0.3) is 0 Å². The second-order valence-electron chi connectivity index (χ2n) is 17.9. The van der Waals surface area contributed by atoms with Crippen molar-refractivity contribution in [1.82, 2.24) is 4.90 Å². The Kier molecular flexibility index (Phi) is 11.6. The molecule has 0 spiro atoms. The Labute approximate surface area is 364 Å². The minimum atomic E-state index is -1.42. The predicted molar refractivity (Wildman–Crippen MR) is 229 cm³/mol. The van der Waals surface area contributed by atoms with Gasteiger partial charge in [0.05, 0.1) is 34.9 Å². The average molecular weight is 863 g/mol. The van der Waals surface area contributed by atoms with Crippen molar-refractivity contribution < 1.29 is 57.2 Å². The molecule has 16 heteroatoms. The Morgan fingerprint density at radius 3 is 1.48 bits per heavy atom. The van der Waals surface area contributed by atoms with Crippen LogP contribution in [0.4, 0.5) is 26.7 Å². The zero-order chi connectivity index (χ0) is 45.5. The molecule has 2 aliphatic heterocycles. The summed E-state index contributed by atoms with van der Waals surface area (Å²) in [6.45, 7) is 13.5. The summed E-state index contributed by atoms with van der Waals surface area (Å²) in [5.41, 5.74) is -2.13. The number of benzene rings is 4. The van der Waals surface area contributed by atoms with Crippen molar-refractivity contribution in [2.24, 2.45) is 22.7 Å². The van der Waals surface area contributed by atoms with Gasteiger partial charge in [-0.1, -0.05) is 12.1 Å². The monoisotopic (exact) mass is 862 g/mol. The molecule has 3 aliphatic rings. The number of fused-ring (bicyclic) bond motifs is 4. The zero-order valence-corrected chi connectivity index (χ0v) is 36.3. The number of hydrogen-bond acceptors (Lipinski definition) is 12. The van der Waals surface area contributed by atoms with Crippen LogP contribution >= 0.6 is 0 Å². The molecule has 6 amide bonds. The van der Waals surface area contributed by atoms with Gasteiger partial charge in [-0.05, 0) is 146 Å². The first-order chi connectivity index (χ1) is 29.7. The largest absolute Gasteiger partial charge is 0.458 e. The number of carbonyl (C=O) groups excluding carboxylic acids is 6. The molecule has 2 saturated heterocycles. The van der Waals surface area contributed by atoms with Crippen molar-refractivity contribution in [2.75, 3.05) is 29.1 Å². The van der Waals surface area contributed by atoms with E-state index in [1.165, 1.54) is 0 Å². The molecule has 330 valence electrons. The standard InChI is InChI=1S/C47H50N4O12/c1-44(2,3)62-42(56)48-29-12-18-32(19-13-29)58-26-59-34-22-16-31(17-23-34)51-39(53)37-46(7)36(47(37,8)41(51)55)38(52)50(40(46)54)25-28-10-9-11-35(24-28)61-27-60-33-20-14-30(15-21-33)49-43(57)63-45(4,5)6/h9-24,36-37H,25-27H2,1-8H3,(H,48,56)(H,49,57). The smallest absolute Gasteiger partial charge is 0.412 e. The number of amides is 6. The SMILES string of the molecule is CC(C)(C)OC(=O)Nc1ccc(OCOc2ccc(N3C(=O)C4C5(C)C(=O)N(Cc6cccc(OCOc7ccc(NC(=O)OC(C)(C)C)cc7)c6)C(=O)C5C4(C)C3=O)cc2)cc1. The fourth-order valence-corrected chi connectivity index (χ4v) is 8.46. The molecule has 4 aromatic rings. The van der Waals surface area contributed by atoms with Crippen LogP contribution in [-0.4, -0.2) is 65.5 Å². The molecule has 2 N–H and O–H groups in total. The molecule has 3 fully saturated rings. The van der Waals surface area contributed by atoms with E-state index in [2.05, 4.69) is 10.6 Å². The van der Waals surface area contributed by atoms with E-state index < -0.39 is 69.7 Å². The van der Waals surface area contributed by atoms with Gasteiger partial charge in [0.1, 0.15) is 34.2 Å². The van der Waals surface area contributed by atoms with Crippen molar-refractivity contribution >= 4 is 52.9 Å². The Morgan fingerprint density at radius 2 is 1.00 bits per heavy atom. The second kappa shape index (κ2) is 16.6. The van der Waals surface area contributed by atoms with Crippen LogP contribution in [0.1, 0.15) is 61.0 Å².